The van der Waals surface area contributed by atoms with Crippen molar-refractivity contribution < 1.29 is 14.1 Å². The lowest BCUT2D eigenvalue weighted by Gasteiger charge is -2.30. The highest BCUT2D eigenvalue weighted by molar-refractivity contribution is 7.80. The molecule has 2 aromatic rings. The van der Waals surface area contributed by atoms with Crippen LogP contribution in [0.15, 0.2) is 59.8 Å². The number of nitrogens with zero attached hydrogens (tertiary/aromatic N) is 1. The average molecular weight is 386 g/mol. The first-order valence-electron chi connectivity index (χ1n) is 7.95. The van der Waals surface area contributed by atoms with Gasteiger partial charge in [-0.05, 0) is 49.0 Å². The van der Waals surface area contributed by atoms with Gasteiger partial charge in [0.1, 0.15) is 5.82 Å². The van der Waals surface area contributed by atoms with Crippen LogP contribution in [0.5, 0.6) is 0 Å². The van der Waals surface area contributed by atoms with E-state index < -0.39 is 22.7 Å². The molecule has 1 aliphatic rings. The van der Waals surface area contributed by atoms with E-state index in [-0.39, 0.29) is 11.4 Å². The summed E-state index contributed by atoms with van der Waals surface area (Å²) in [6.07, 6.45) is 0. The fourth-order valence-corrected chi connectivity index (χ4v) is 3.06. The normalized spacial score (nSPS) is 16.4. The summed E-state index contributed by atoms with van der Waals surface area (Å²) in [4.78, 5) is 23.2. The first kappa shape index (κ1) is 18.5. The Balaban J connectivity index is 1.95. The molecule has 0 saturated heterocycles. The first-order chi connectivity index (χ1) is 12.9. The van der Waals surface area contributed by atoms with Gasteiger partial charge in [0.25, 0.3) is 11.6 Å². The molecule has 3 rings (SSSR count). The zero-order chi connectivity index (χ0) is 19.6. The van der Waals surface area contributed by atoms with Crippen molar-refractivity contribution in [3.05, 3.63) is 81.3 Å². The molecule has 9 heteroatoms. The van der Waals surface area contributed by atoms with Gasteiger partial charge in [-0.25, -0.2) is 4.39 Å². The van der Waals surface area contributed by atoms with E-state index in [2.05, 4.69) is 16.0 Å². The third-order valence-corrected chi connectivity index (χ3v) is 4.29. The molecule has 1 unspecified atom stereocenters. The minimum absolute atomic E-state index is 0.0541. The highest BCUT2D eigenvalue weighted by atomic mass is 32.1. The number of carbonyl (C=O) groups excluding carboxylic acids is 1. The zero-order valence-corrected chi connectivity index (χ0v) is 15.0. The number of rotatable bonds is 4. The van der Waals surface area contributed by atoms with Gasteiger partial charge >= 0.3 is 0 Å². The molecule has 1 atom stereocenters. The largest absolute Gasteiger partial charge is 0.351 e. The average Bonchev–Trinajstić information content (AvgIpc) is 2.63. The summed E-state index contributed by atoms with van der Waals surface area (Å²) in [5.41, 5.74) is 1.42. The van der Waals surface area contributed by atoms with Crippen LogP contribution in [0.2, 0.25) is 0 Å². The summed E-state index contributed by atoms with van der Waals surface area (Å²) >= 11 is 5.16. The molecule has 27 heavy (non-hydrogen) atoms. The Hall–Kier alpha value is -3.33. The van der Waals surface area contributed by atoms with Crippen molar-refractivity contribution in [2.45, 2.75) is 13.0 Å². The SMILES string of the molecule is CC1=C(C(=O)Nc2ccccc2F)C(c2ccc([N+](=O)[O-])cc2)NC(=S)N1. The van der Waals surface area contributed by atoms with Crippen LogP contribution in [0.4, 0.5) is 15.8 Å². The molecule has 0 aliphatic carbocycles. The number of halogens is 1. The number of nitrogens with one attached hydrogen (secondary N) is 3. The molecular weight excluding hydrogens is 371 g/mol. The van der Waals surface area contributed by atoms with Crippen LogP contribution in [-0.2, 0) is 4.79 Å². The fourth-order valence-electron chi connectivity index (χ4n) is 2.79. The van der Waals surface area contributed by atoms with Crippen LogP contribution in [0.25, 0.3) is 0 Å². The number of allylic oxidation sites excluding steroid dienone is 1. The number of amides is 1. The Kier molecular flexibility index (Phi) is 5.13. The first-order valence-corrected chi connectivity index (χ1v) is 8.36. The van der Waals surface area contributed by atoms with E-state index >= 15 is 0 Å². The second-order valence-electron chi connectivity index (χ2n) is 5.85. The number of thiocarbonyl (C=S) groups is 1. The second-order valence-corrected chi connectivity index (χ2v) is 6.26. The van der Waals surface area contributed by atoms with Crippen molar-refractivity contribution in [3.8, 4) is 0 Å². The third-order valence-electron chi connectivity index (χ3n) is 4.07. The van der Waals surface area contributed by atoms with E-state index in [1.165, 1.54) is 30.3 Å². The molecule has 0 spiro atoms. The van der Waals surface area contributed by atoms with E-state index in [9.17, 15) is 19.3 Å². The number of anilines is 1. The Morgan fingerprint density at radius 2 is 1.89 bits per heavy atom. The minimum atomic E-state index is -0.633. The second kappa shape index (κ2) is 7.50. The molecule has 1 amide bonds. The maximum atomic E-state index is 13.9. The standard InChI is InChI=1S/C18H15FN4O3S/c1-10-15(17(24)21-14-5-3-2-4-13(14)19)16(22-18(27)20-10)11-6-8-12(9-7-11)23(25)26/h2-9,16H,1H3,(H,21,24)(H2,20,22,27). The van der Waals surface area contributed by atoms with Crippen LogP contribution >= 0.6 is 12.2 Å². The molecule has 1 aliphatic heterocycles. The van der Waals surface area contributed by atoms with Crippen molar-refractivity contribution in [2.24, 2.45) is 0 Å². The van der Waals surface area contributed by atoms with Crippen molar-refractivity contribution in [3.63, 3.8) is 0 Å². The maximum Gasteiger partial charge on any atom is 0.269 e. The Morgan fingerprint density at radius 1 is 1.22 bits per heavy atom. The Bertz CT molecular complexity index is 959. The Labute approximate surface area is 159 Å². The molecule has 138 valence electrons. The zero-order valence-electron chi connectivity index (χ0n) is 14.2. The van der Waals surface area contributed by atoms with Crippen molar-refractivity contribution >= 4 is 34.6 Å². The van der Waals surface area contributed by atoms with E-state index in [4.69, 9.17) is 12.2 Å². The van der Waals surface area contributed by atoms with Crippen molar-refractivity contribution in [1.29, 1.82) is 0 Å². The topological polar surface area (TPSA) is 96.3 Å². The lowest BCUT2D eigenvalue weighted by atomic mass is 9.94. The van der Waals surface area contributed by atoms with Crippen LogP contribution < -0.4 is 16.0 Å². The predicted octanol–water partition coefficient (Wildman–Crippen LogP) is 3.17. The van der Waals surface area contributed by atoms with Gasteiger partial charge in [0.05, 0.1) is 22.2 Å². The van der Waals surface area contributed by atoms with Gasteiger partial charge in [0, 0.05) is 17.8 Å². The van der Waals surface area contributed by atoms with E-state index in [1.807, 2.05) is 0 Å². The van der Waals surface area contributed by atoms with Gasteiger partial charge in [-0.3, -0.25) is 14.9 Å². The molecule has 0 saturated carbocycles. The van der Waals surface area contributed by atoms with Crippen LogP contribution in [-0.4, -0.2) is 15.9 Å². The number of para-hydroxylation sites is 1. The smallest absolute Gasteiger partial charge is 0.269 e. The van der Waals surface area contributed by atoms with Crippen LogP contribution in [0, 0.1) is 15.9 Å². The van der Waals surface area contributed by atoms with Gasteiger partial charge < -0.3 is 16.0 Å². The number of benzene rings is 2. The van der Waals surface area contributed by atoms with Gasteiger partial charge in [0.15, 0.2) is 5.11 Å². The lowest BCUT2D eigenvalue weighted by molar-refractivity contribution is -0.384. The van der Waals surface area contributed by atoms with Crippen LogP contribution in [0.1, 0.15) is 18.5 Å². The molecule has 1 heterocycles. The summed E-state index contributed by atoms with van der Waals surface area (Å²) in [6.45, 7) is 1.68. The quantitative estimate of drug-likeness (QED) is 0.424. The number of hydrogen-bond donors (Lipinski definition) is 3. The summed E-state index contributed by atoms with van der Waals surface area (Å²) in [6, 6.07) is 11.0. The van der Waals surface area contributed by atoms with E-state index in [0.29, 0.717) is 21.9 Å². The molecule has 0 radical (unpaired) electrons. The molecule has 0 aromatic heterocycles. The molecule has 0 bridgehead atoms. The van der Waals surface area contributed by atoms with Gasteiger partial charge in [-0.1, -0.05) is 12.1 Å². The van der Waals surface area contributed by atoms with Gasteiger partial charge in [0.2, 0.25) is 0 Å². The highest BCUT2D eigenvalue weighted by Gasteiger charge is 2.30. The predicted molar refractivity (Wildman–Crippen MR) is 102 cm³/mol. The molecule has 0 fully saturated rings. The monoisotopic (exact) mass is 386 g/mol. The van der Waals surface area contributed by atoms with E-state index in [1.54, 1.807) is 25.1 Å². The molecule has 7 nitrogen and oxygen atoms in total. The molecule has 2 aromatic carbocycles. The maximum absolute atomic E-state index is 13.9. The lowest BCUT2D eigenvalue weighted by Crippen LogP contribution is -2.45. The Morgan fingerprint density at radius 3 is 2.52 bits per heavy atom. The number of hydrogen-bond acceptors (Lipinski definition) is 4. The summed E-state index contributed by atoms with van der Waals surface area (Å²) in [7, 11) is 0. The summed E-state index contributed by atoms with van der Waals surface area (Å²) in [5.74, 6) is -1.06. The minimum Gasteiger partial charge on any atom is -0.351 e. The van der Waals surface area contributed by atoms with Gasteiger partial charge in [-0.2, -0.15) is 0 Å². The molecular formula is C18H15FN4O3S. The molecule has 3 N–H and O–H groups in total. The number of nitro groups is 1. The van der Waals surface area contributed by atoms with Crippen molar-refractivity contribution in [1.82, 2.24) is 10.6 Å². The number of nitro benzene ring substituents is 1. The van der Waals surface area contributed by atoms with E-state index in [0.717, 1.165) is 0 Å². The fraction of sp³-hybridized carbons (Fsp3) is 0.111. The van der Waals surface area contributed by atoms with Gasteiger partial charge in [-0.15, -0.1) is 0 Å². The third kappa shape index (κ3) is 3.93. The summed E-state index contributed by atoms with van der Waals surface area (Å²) < 4.78 is 13.9. The number of non-ortho nitro benzene ring substituents is 1. The van der Waals surface area contributed by atoms with Crippen LogP contribution in [0.3, 0.4) is 0 Å². The number of carbonyl (C=O) groups is 1. The van der Waals surface area contributed by atoms with Crippen molar-refractivity contribution in [2.75, 3.05) is 5.32 Å². The summed E-state index contributed by atoms with van der Waals surface area (Å²) in [5, 5.41) is 19.6. The highest BCUT2D eigenvalue weighted by Crippen LogP contribution is 2.29.